The number of aliphatic hydroxyl groups excluding tert-OH is 1. The molecule has 1 fully saturated rings. The number of amides is 1. The fourth-order valence-electron chi connectivity index (χ4n) is 3.82. The van der Waals surface area contributed by atoms with Crippen LogP contribution in [0.25, 0.3) is 0 Å². The van der Waals surface area contributed by atoms with E-state index in [1.807, 2.05) is 0 Å². The van der Waals surface area contributed by atoms with Crippen LogP contribution in [0.5, 0.6) is 5.75 Å². The summed E-state index contributed by atoms with van der Waals surface area (Å²) in [5.74, 6) is -0.0310. The second-order valence-corrected chi connectivity index (χ2v) is 9.28. The van der Waals surface area contributed by atoms with Gasteiger partial charge in [-0.2, -0.15) is 0 Å². The van der Waals surface area contributed by atoms with Gasteiger partial charge >= 0.3 is 0 Å². The van der Waals surface area contributed by atoms with Crippen LogP contribution >= 0.6 is 0 Å². The number of carbonyl (C=O) groups is 1. The van der Waals surface area contributed by atoms with Gasteiger partial charge in [-0.15, -0.1) is 0 Å². The molecule has 0 heterocycles. The zero-order valence-corrected chi connectivity index (χ0v) is 18.1. The molecule has 30 heavy (non-hydrogen) atoms. The molecule has 0 bridgehead atoms. The van der Waals surface area contributed by atoms with Crippen molar-refractivity contribution in [2.24, 2.45) is 0 Å². The van der Waals surface area contributed by atoms with E-state index in [1.54, 1.807) is 49.5 Å². The van der Waals surface area contributed by atoms with Gasteiger partial charge in [0.2, 0.25) is 5.91 Å². The third-order valence-corrected chi connectivity index (χ3v) is 7.32. The summed E-state index contributed by atoms with van der Waals surface area (Å²) in [6.45, 7) is -0.392. The molecule has 7 nitrogen and oxygen atoms in total. The number of benzene rings is 2. The minimum Gasteiger partial charge on any atom is -0.495 e. The second kappa shape index (κ2) is 9.49. The van der Waals surface area contributed by atoms with E-state index in [2.05, 4.69) is 0 Å². The lowest BCUT2D eigenvalue weighted by molar-refractivity contribution is -0.133. The van der Waals surface area contributed by atoms with Crippen molar-refractivity contribution in [2.45, 2.75) is 42.7 Å². The van der Waals surface area contributed by atoms with Gasteiger partial charge < -0.3 is 14.7 Å². The fraction of sp³-hybridized carbons (Fsp3) is 0.409. The monoisotopic (exact) mass is 432 g/mol. The first-order valence-corrected chi connectivity index (χ1v) is 11.4. The van der Waals surface area contributed by atoms with Gasteiger partial charge in [0.15, 0.2) is 0 Å². The van der Waals surface area contributed by atoms with Crippen molar-refractivity contribution in [3.63, 3.8) is 0 Å². The summed E-state index contributed by atoms with van der Waals surface area (Å²) < 4.78 is 33.3. The molecule has 3 rings (SSSR count). The quantitative estimate of drug-likeness (QED) is 0.727. The number of carbonyl (C=O) groups excluding carboxylic acids is 1. The predicted molar refractivity (Wildman–Crippen MR) is 115 cm³/mol. The molecule has 0 saturated heterocycles. The number of nitrogens with zero attached hydrogens (tertiary/aromatic N) is 2. The summed E-state index contributed by atoms with van der Waals surface area (Å²) in [7, 11) is -0.937. The molecule has 2 unspecified atom stereocenters. The summed E-state index contributed by atoms with van der Waals surface area (Å²) in [5.41, 5.74) is 0.287. The summed E-state index contributed by atoms with van der Waals surface area (Å²) in [6.07, 6.45) is 2.59. The van der Waals surface area contributed by atoms with Crippen molar-refractivity contribution in [1.29, 1.82) is 0 Å². The van der Waals surface area contributed by atoms with Crippen LogP contribution in [0.4, 0.5) is 5.69 Å². The van der Waals surface area contributed by atoms with Crippen LogP contribution in [0, 0.1) is 0 Å². The first-order valence-electron chi connectivity index (χ1n) is 10.0. The number of sulfonamides is 1. The summed E-state index contributed by atoms with van der Waals surface area (Å²) in [4.78, 5) is 14.7. The third kappa shape index (κ3) is 4.60. The van der Waals surface area contributed by atoms with Gasteiger partial charge in [-0.1, -0.05) is 43.2 Å². The highest BCUT2D eigenvalue weighted by atomic mass is 32.2. The molecule has 162 valence electrons. The molecule has 2 aromatic rings. The van der Waals surface area contributed by atoms with Gasteiger partial charge in [-0.05, 0) is 37.1 Å². The Morgan fingerprint density at radius 3 is 2.37 bits per heavy atom. The van der Waals surface area contributed by atoms with Crippen LogP contribution < -0.4 is 9.04 Å². The highest BCUT2D eigenvalue weighted by Gasteiger charge is 2.34. The molecule has 1 amide bonds. The van der Waals surface area contributed by atoms with Crippen LogP contribution in [-0.2, 0) is 14.8 Å². The maximum absolute atomic E-state index is 13.4. The maximum atomic E-state index is 13.4. The molecule has 2 atom stereocenters. The lowest BCUT2D eigenvalue weighted by Gasteiger charge is -2.36. The summed E-state index contributed by atoms with van der Waals surface area (Å²) in [6, 6.07) is 14.4. The highest BCUT2D eigenvalue weighted by molar-refractivity contribution is 7.92. The Bertz CT molecular complexity index is 965. The Balaban J connectivity index is 1.97. The number of para-hydroxylation sites is 2. The molecule has 1 aliphatic carbocycles. The van der Waals surface area contributed by atoms with Crippen molar-refractivity contribution in [3.8, 4) is 5.75 Å². The zero-order valence-electron chi connectivity index (χ0n) is 17.3. The van der Waals surface area contributed by atoms with E-state index in [0.717, 1.165) is 17.1 Å². The topological polar surface area (TPSA) is 87.2 Å². The van der Waals surface area contributed by atoms with E-state index in [-0.39, 0.29) is 22.5 Å². The lowest BCUT2D eigenvalue weighted by atomic mass is 9.91. The maximum Gasteiger partial charge on any atom is 0.264 e. The van der Waals surface area contributed by atoms with E-state index in [4.69, 9.17) is 4.74 Å². The minimum atomic E-state index is -4.02. The number of hydrogen-bond acceptors (Lipinski definition) is 5. The smallest absolute Gasteiger partial charge is 0.264 e. The van der Waals surface area contributed by atoms with E-state index in [0.29, 0.717) is 18.6 Å². The van der Waals surface area contributed by atoms with Gasteiger partial charge in [-0.25, -0.2) is 8.42 Å². The van der Waals surface area contributed by atoms with Gasteiger partial charge in [0.25, 0.3) is 10.0 Å². The Kier molecular flexibility index (Phi) is 6.99. The SMILES string of the molecule is COc1ccccc1N(CC(=O)N(C)C1CCCCC1O)S(=O)(=O)c1ccccc1. The van der Waals surface area contributed by atoms with E-state index >= 15 is 0 Å². The molecule has 0 aromatic heterocycles. The van der Waals surface area contributed by atoms with Crippen molar-refractivity contribution in [2.75, 3.05) is 25.0 Å². The number of rotatable bonds is 7. The van der Waals surface area contributed by atoms with Crippen LogP contribution in [0.2, 0.25) is 0 Å². The molecule has 0 aliphatic heterocycles. The fourth-order valence-corrected chi connectivity index (χ4v) is 5.26. The van der Waals surface area contributed by atoms with Crippen molar-refractivity contribution >= 4 is 21.6 Å². The molecule has 1 saturated carbocycles. The van der Waals surface area contributed by atoms with Crippen LogP contribution in [0.1, 0.15) is 25.7 Å². The molecular formula is C22H28N2O5S. The lowest BCUT2D eigenvalue weighted by Crippen LogP contribution is -2.50. The number of ether oxygens (including phenoxy) is 1. The summed E-state index contributed by atoms with van der Waals surface area (Å²) >= 11 is 0. The van der Waals surface area contributed by atoms with E-state index in [9.17, 15) is 18.3 Å². The van der Waals surface area contributed by atoms with Gasteiger partial charge in [0, 0.05) is 7.05 Å². The van der Waals surface area contributed by atoms with E-state index in [1.165, 1.54) is 24.1 Å². The molecule has 1 aliphatic rings. The average Bonchev–Trinajstić information content (AvgIpc) is 2.77. The first-order chi connectivity index (χ1) is 14.4. The van der Waals surface area contributed by atoms with E-state index < -0.39 is 22.7 Å². The summed E-state index contributed by atoms with van der Waals surface area (Å²) in [5, 5.41) is 10.3. The number of anilines is 1. The van der Waals surface area contributed by atoms with Gasteiger partial charge in [-0.3, -0.25) is 9.10 Å². The van der Waals surface area contributed by atoms with Crippen molar-refractivity contribution in [1.82, 2.24) is 4.90 Å². The highest BCUT2D eigenvalue weighted by Crippen LogP contribution is 2.32. The predicted octanol–water partition coefficient (Wildman–Crippen LogP) is 2.65. The van der Waals surface area contributed by atoms with Crippen LogP contribution in [0.3, 0.4) is 0 Å². The first kappa shape index (κ1) is 22.1. The second-order valence-electron chi connectivity index (χ2n) is 7.42. The van der Waals surface area contributed by atoms with Crippen LogP contribution in [0.15, 0.2) is 59.5 Å². The number of aliphatic hydroxyl groups is 1. The Morgan fingerprint density at radius 1 is 1.07 bits per heavy atom. The molecule has 0 radical (unpaired) electrons. The Morgan fingerprint density at radius 2 is 1.70 bits per heavy atom. The van der Waals surface area contributed by atoms with Gasteiger partial charge in [0.1, 0.15) is 12.3 Å². The number of methoxy groups -OCH3 is 1. The third-order valence-electron chi connectivity index (χ3n) is 5.55. The molecule has 0 spiro atoms. The Hall–Kier alpha value is -2.58. The largest absolute Gasteiger partial charge is 0.495 e. The molecular weight excluding hydrogens is 404 g/mol. The standard InChI is InChI=1S/C22H28N2O5S/c1-23(18-12-6-8-14-20(18)25)22(26)16-24(19-13-7-9-15-21(19)29-2)30(27,28)17-10-4-3-5-11-17/h3-5,7,9-11,13,15,18,20,25H,6,8,12,14,16H2,1-2H3. The molecule has 8 heteroatoms. The zero-order chi connectivity index (χ0) is 21.7. The van der Waals surface area contributed by atoms with Crippen LogP contribution in [-0.4, -0.2) is 57.2 Å². The molecule has 1 N–H and O–H groups in total. The Labute approximate surface area is 177 Å². The minimum absolute atomic E-state index is 0.0871. The molecule has 2 aromatic carbocycles. The van der Waals surface area contributed by atoms with Crippen molar-refractivity contribution in [3.05, 3.63) is 54.6 Å². The number of hydrogen-bond donors (Lipinski definition) is 1. The number of likely N-dealkylation sites (N-methyl/N-ethyl adjacent to an activating group) is 1. The normalized spacial score (nSPS) is 19.2. The van der Waals surface area contributed by atoms with Gasteiger partial charge in [0.05, 0.1) is 29.8 Å². The van der Waals surface area contributed by atoms with Crippen molar-refractivity contribution < 1.29 is 23.1 Å². The average molecular weight is 433 g/mol.